The maximum Gasteiger partial charge on any atom is 0.330 e. The molecule has 0 radical (unpaired) electrons. The molecule has 4 bridgehead atoms. The van der Waals surface area contributed by atoms with Gasteiger partial charge in [-0.25, -0.2) is 9.48 Å². The summed E-state index contributed by atoms with van der Waals surface area (Å²) in [6.07, 6.45) is 5.14. The van der Waals surface area contributed by atoms with Crippen molar-refractivity contribution in [3.63, 3.8) is 0 Å². The van der Waals surface area contributed by atoms with Crippen molar-refractivity contribution >= 4 is 41.2 Å². The molecule has 5 fully saturated rings. The number of nitrogens with zero attached hydrogens (tertiary/aromatic N) is 9. The molecular weight excluding hydrogens is 1110 g/mol. The number of Topliss-reactive ketones (excluding diaryl/α,β-unsaturated/α-hetero) is 2. The summed E-state index contributed by atoms with van der Waals surface area (Å²) in [5.41, 5.74) is 1.68. The number of aliphatic carboxylic acids is 1. The number of benzene rings is 2. The molecule has 480 valence electrons. The highest BCUT2D eigenvalue weighted by Gasteiger charge is 2.62. The van der Waals surface area contributed by atoms with Crippen LogP contribution in [-0.2, 0) is 28.7 Å². The van der Waals surface area contributed by atoms with E-state index in [4.69, 9.17) is 19.3 Å². The first-order valence-electron chi connectivity index (χ1n) is 31.8. The Bertz CT molecular complexity index is 2820. The van der Waals surface area contributed by atoms with Gasteiger partial charge in [-0.3, -0.25) is 48.4 Å². The van der Waals surface area contributed by atoms with Crippen LogP contribution >= 0.6 is 0 Å². The number of carboxylic acid groups (broad SMARTS) is 1. The quantitative estimate of drug-likeness (QED) is 0.0699. The molecule has 4 aliphatic carbocycles. The van der Waals surface area contributed by atoms with Crippen LogP contribution in [0.2, 0.25) is 0 Å². The van der Waals surface area contributed by atoms with Crippen molar-refractivity contribution in [1.29, 1.82) is 0 Å². The molecule has 2 aromatic carbocycles. The minimum Gasteiger partial charge on any atom is -0.496 e. The molecule has 8 rings (SSSR count). The van der Waals surface area contributed by atoms with E-state index in [1.165, 1.54) is 0 Å². The molecule has 21 heteroatoms. The summed E-state index contributed by atoms with van der Waals surface area (Å²) in [5, 5.41) is 18.9. The number of carbonyl (C=O) groups excluding carboxylic acids is 6. The van der Waals surface area contributed by atoms with Crippen LogP contribution in [-0.4, -0.2) is 243 Å². The predicted molar refractivity (Wildman–Crippen MR) is 335 cm³/mol. The zero-order valence-corrected chi connectivity index (χ0v) is 54.1. The van der Waals surface area contributed by atoms with Crippen molar-refractivity contribution in [2.45, 2.75) is 117 Å². The highest BCUT2D eigenvalue weighted by atomic mass is 16.5. The molecule has 0 spiro atoms. The second kappa shape index (κ2) is 31.3. The van der Waals surface area contributed by atoms with Crippen LogP contribution in [0.1, 0.15) is 132 Å². The van der Waals surface area contributed by atoms with Crippen LogP contribution in [0.25, 0.3) is 16.9 Å². The lowest BCUT2D eigenvalue weighted by Crippen LogP contribution is -2.70. The number of rotatable bonds is 30. The minimum absolute atomic E-state index is 0.00273. The Morgan fingerprint density at radius 1 is 0.770 bits per heavy atom. The average Bonchev–Trinajstić information content (AvgIpc) is 1.15. The highest BCUT2D eigenvalue weighted by Crippen LogP contribution is 2.58. The van der Waals surface area contributed by atoms with Crippen molar-refractivity contribution in [3.05, 3.63) is 59.3 Å². The summed E-state index contributed by atoms with van der Waals surface area (Å²) < 4.78 is 19.6. The van der Waals surface area contributed by atoms with Gasteiger partial charge in [0.2, 0.25) is 5.91 Å². The maximum atomic E-state index is 14.6. The first-order chi connectivity index (χ1) is 41.5. The van der Waals surface area contributed by atoms with Gasteiger partial charge in [0.1, 0.15) is 34.7 Å². The van der Waals surface area contributed by atoms with Gasteiger partial charge in [0, 0.05) is 71.1 Å². The zero-order chi connectivity index (χ0) is 63.3. The third-order valence-corrected chi connectivity index (χ3v) is 19.1. The largest absolute Gasteiger partial charge is 0.496 e. The number of carboxylic acids is 1. The predicted octanol–water partition coefficient (Wildman–Crippen LogP) is 6.31. The molecule has 1 saturated heterocycles. The molecule has 3 amide bonds. The second-order valence-corrected chi connectivity index (χ2v) is 25.4. The van der Waals surface area contributed by atoms with E-state index in [1.54, 1.807) is 67.1 Å². The summed E-state index contributed by atoms with van der Waals surface area (Å²) in [5.74, 6) is -1.17. The number of methoxy groups -OCH3 is 2. The first-order valence-corrected chi connectivity index (χ1v) is 31.8. The Morgan fingerprint density at radius 2 is 1.39 bits per heavy atom. The van der Waals surface area contributed by atoms with Crippen molar-refractivity contribution in [2.75, 3.05) is 141 Å². The molecule has 21 nitrogen and oxygen atoms in total. The fraction of sp³-hybridized carbons (Fsp3) is 0.667. The van der Waals surface area contributed by atoms with Crippen molar-refractivity contribution in [3.8, 4) is 28.4 Å². The molecule has 2 atom stereocenters. The van der Waals surface area contributed by atoms with Crippen molar-refractivity contribution < 1.29 is 52.9 Å². The lowest BCUT2D eigenvalue weighted by molar-refractivity contribution is -0.163. The van der Waals surface area contributed by atoms with E-state index in [9.17, 15) is 38.7 Å². The number of esters is 1. The average molecular weight is 1210 g/mol. The number of ketones is 2. The van der Waals surface area contributed by atoms with Gasteiger partial charge < -0.3 is 39.3 Å². The fourth-order valence-electron chi connectivity index (χ4n) is 14.0. The summed E-state index contributed by atoms with van der Waals surface area (Å²) >= 11 is 0. The lowest BCUT2D eigenvalue weighted by Gasteiger charge is -2.59. The Hall–Kier alpha value is -6.26. The van der Waals surface area contributed by atoms with Gasteiger partial charge >= 0.3 is 11.9 Å². The van der Waals surface area contributed by atoms with Crippen LogP contribution < -0.4 is 14.8 Å². The maximum absolute atomic E-state index is 14.6. The number of ether oxygens (including phenoxy) is 3. The molecule has 4 saturated carbocycles. The normalized spacial score (nSPS) is 22.5. The van der Waals surface area contributed by atoms with Crippen LogP contribution in [0, 0.1) is 29.6 Å². The van der Waals surface area contributed by atoms with E-state index in [1.807, 2.05) is 88.5 Å². The summed E-state index contributed by atoms with van der Waals surface area (Å²) in [6, 6.07) is 12.6. The van der Waals surface area contributed by atoms with E-state index in [0.29, 0.717) is 124 Å². The number of hydrogen-bond acceptors (Lipinski definition) is 16. The molecule has 0 unspecified atom stereocenters. The third-order valence-electron chi connectivity index (χ3n) is 19.1. The molecule has 87 heavy (non-hydrogen) atoms. The third kappa shape index (κ3) is 16.9. The molecule has 5 aliphatic rings. The topological polar surface area (TPSA) is 220 Å². The highest BCUT2D eigenvalue weighted by molar-refractivity contribution is 5.98. The van der Waals surface area contributed by atoms with Crippen LogP contribution in [0.15, 0.2) is 42.5 Å². The van der Waals surface area contributed by atoms with E-state index in [-0.39, 0.29) is 92.4 Å². The number of likely N-dealkylation sites (N-methyl/N-ethyl adjacent to an activating group) is 4. The number of amides is 3. The Labute approximate surface area is 516 Å². The first kappa shape index (κ1) is 68.2. The van der Waals surface area contributed by atoms with Gasteiger partial charge in [-0.15, -0.1) is 0 Å². The van der Waals surface area contributed by atoms with Gasteiger partial charge in [0.15, 0.2) is 5.69 Å². The second-order valence-electron chi connectivity index (χ2n) is 25.4. The Balaban J connectivity index is 0.979. The molecule has 1 aromatic heterocycles. The summed E-state index contributed by atoms with van der Waals surface area (Å²) in [7, 11) is 10.6. The van der Waals surface area contributed by atoms with E-state index >= 15 is 0 Å². The summed E-state index contributed by atoms with van der Waals surface area (Å²) in [6.45, 7) is 19.1. The fourth-order valence-corrected chi connectivity index (χ4v) is 14.0. The SMILES string of the molecule is CCN(C)CC(=O)O[C@H]1CN(CC(=O)N(C)CCCN(C)CCCN(C)C(=O)c2ccc(-n3nc(C(=O)NC4(C(=O)O)C5CC6CC(C5)CC4C6)cc3-c3c(OC)cccc3OC)c(C(C)C)c2)CCN(CC)CC(=O)C[C@H]1CC(=O)CN(CC)CC. The molecular formula is C66H100N10O11. The van der Waals surface area contributed by atoms with Gasteiger partial charge in [0.25, 0.3) is 11.8 Å². The van der Waals surface area contributed by atoms with E-state index < -0.39 is 35.4 Å². The summed E-state index contributed by atoms with van der Waals surface area (Å²) in [4.78, 5) is 110. The van der Waals surface area contributed by atoms with Gasteiger partial charge in [-0.1, -0.05) is 47.6 Å². The van der Waals surface area contributed by atoms with Crippen molar-refractivity contribution in [2.24, 2.45) is 29.6 Å². The van der Waals surface area contributed by atoms with E-state index in [0.717, 1.165) is 37.7 Å². The Kier molecular flexibility index (Phi) is 24.5. The number of carbonyl (C=O) groups is 7. The zero-order valence-electron chi connectivity index (χ0n) is 54.1. The molecule has 2 N–H and O–H groups in total. The van der Waals surface area contributed by atoms with Crippen LogP contribution in [0.4, 0.5) is 0 Å². The minimum atomic E-state index is -1.37. The molecule has 2 heterocycles. The molecule has 3 aromatic rings. The van der Waals surface area contributed by atoms with Crippen molar-refractivity contribution in [1.82, 2.24) is 49.4 Å². The monoisotopic (exact) mass is 1210 g/mol. The van der Waals surface area contributed by atoms with Crippen LogP contribution in [0.3, 0.4) is 0 Å². The number of aromatic nitrogens is 2. The lowest BCUT2D eigenvalue weighted by atomic mass is 9.48. The van der Waals surface area contributed by atoms with Gasteiger partial charge in [-0.2, -0.15) is 5.10 Å². The standard InChI is InChI=1S/C66H100N10O11/c1-13-69(7)43-61(80)87-59-41-75(29-28-74(16-4)40-52(78)36-48(59)35-51(77)39-73(14-2)15-3)42-60(79)71(9)26-18-24-70(8)25-19-27-72(10)64(82)47-22-23-55(53(37-47)44(5)6)76-56(62-57(85-11)20-17-21-58(62)86-12)38-54(68-76)63(81)67-66(65(83)84)49-31-45-30-46(33-49)34-50(66)32-45/h17,20-23,37-38,44-46,48-50,59H,13-16,18-19,24-36,39-43H2,1-12H3,(H,67,81)(H,83,84)/t45?,46?,48-,49?,50?,59+,66?/m1/s1. The van der Waals surface area contributed by atoms with Gasteiger partial charge in [-0.05, 0) is 170 Å². The smallest absolute Gasteiger partial charge is 0.330 e. The van der Waals surface area contributed by atoms with Crippen LogP contribution in [0.5, 0.6) is 11.5 Å². The Morgan fingerprint density at radius 3 is 1.97 bits per heavy atom. The number of hydrogen-bond donors (Lipinski definition) is 2. The van der Waals surface area contributed by atoms with E-state index in [2.05, 4.69) is 15.1 Å². The van der Waals surface area contributed by atoms with Gasteiger partial charge in [0.05, 0.1) is 57.3 Å². The number of nitrogens with one attached hydrogen (secondary N) is 1. The molecule has 1 aliphatic heterocycles.